The second-order valence-electron chi connectivity index (χ2n) is 7.24. The summed E-state index contributed by atoms with van der Waals surface area (Å²) < 4.78 is 2.19. The van der Waals surface area contributed by atoms with Gasteiger partial charge < -0.3 is 9.88 Å². The van der Waals surface area contributed by atoms with Crippen LogP contribution in [0.2, 0.25) is 0 Å². The molecule has 0 radical (unpaired) electrons. The van der Waals surface area contributed by atoms with Gasteiger partial charge in [0, 0.05) is 17.9 Å². The Balaban J connectivity index is 1.91. The minimum Gasteiger partial charge on any atom is -0.347 e. The topological polar surface area (TPSA) is 57.8 Å². The van der Waals surface area contributed by atoms with Gasteiger partial charge in [-0.05, 0) is 62.1 Å². The lowest BCUT2D eigenvalue weighted by Crippen LogP contribution is -2.23. The van der Waals surface area contributed by atoms with Crippen LogP contribution in [0.3, 0.4) is 0 Å². The Hall–Kier alpha value is -3.58. The Morgan fingerprint density at radius 3 is 2.31 bits per heavy atom. The van der Waals surface area contributed by atoms with Crippen LogP contribution in [0.4, 0.5) is 0 Å². The number of nitrogens with one attached hydrogen (secondary N) is 1. The molecule has 4 nitrogen and oxygen atoms in total. The summed E-state index contributed by atoms with van der Waals surface area (Å²) in [6, 6.07) is 19.9. The predicted octanol–water partition coefficient (Wildman–Crippen LogP) is 4.93. The Bertz CT molecular complexity index is 1090. The van der Waals surface area contributed by atoms with Crippen molar-refractivity contribution in [2.24, 2.45) is 0 Å². The molecule has 1 heterocycles. The van der Waals surface area contributed by atoms with Crippen LogP contribution >= 0.6 is 0 Å². The fourth-order valence-electron chi connectivity index (χ4n) is 3.61. The van der Waals surface area contributed by atoms with Crippen molar-refractivity contribution in [2.75, 3.05) is 0 Å². The normalized spacial score (nSPS) is 11.2. The largest absolute Gasteiger partial charge is 0.347 e. The lowest BCUT2D eigenvalue weighted by atomic mass is 10.1. The number of para-hydroxylation sites is 1. The number of carbonyl (C=O) groups is 1. The summed E-state index contributed by atoms with van der Waals surface area (Å²) in [6.07, 6.45) is 1.67. The van der Waals surface area contributed by atoms with E-state index in [-0.39, 0.29) is 11.5 Å². The van der Waals surface area contributed by atoms with Gasteiger partial charge in [-0.3, -0.25) is 4.79 Å². The van der Waals surface area contributed by atoms with E-state index >= 15 is 0 Å². The van der Waals surface area contributed by atoms with E-state index in [1.54, 1.807) is 6.08 Å². The summed E-state index contributed by atoms with van der Waals surface area (Å²) in [4.78, 5) is 12.5. The number of carbonyl (C=O) groups excluding carboxylic acids is 1. The highest BCUT2D eigenvalue weighted by Gasteiger charge is 2.15. The van der Waals surface area contributed by atoms with Gasteiger partial charge in [0.2, 0.25) is 0 Å². The Labute approximate surface area is 172 Å². The van der Waals surface area contributed by atoms with E-state index in [0.717, 1.165) is 28.2 Å². The summed E-state index contributed by atoms with van der Waals surface area (Å²) in [6.45, 7) is 8.63. The number of hydrogen-bond acceptors (Lipinski definition) is 2. The number of aromatic nitrogens is 1. The maximum absolute atomic E-state index is 12.5. The minimum atomic E-state index is -0.367. The molecule has 1 aromatic heterocycles. The molecule has 0 bridgehead atoms. The van der Waals surface area contributed by atoms with Gasteiger partial charge >= 0.3 is 0 Å². The summed E-state index contributed by atoms with van der Waals surface area (Å²) in [5.41, 5.74) is 7.54. The number of rotatable bonds is 5. The molecule has 0 unspecified atom stereocenters. The Morgan fingerprint density at radius 2 is 1.69 bits per heavy atom. The molecular formula is C25H25N3O. The zero-order chi connectivity index (χ0) is 21.0. The summed E-state index contributed by atoms with van der Waals surface area (Å²) in [5, 5.41) is 12.4. The van der Waals surface area contributed by atoms with E-state index in [4.69, 9.17) is 0 Å². The predicted molar refractivity (Wildman–Crippen MR) is 117 cm³/mol. The molecule has 0 saturated carbocycles. The summed E-state index contributed by atoms with van der Waals surface area (Å²) >= 11 is 0. The number of nitriles is 1. The van der Waals surface area contributed by atoms with E-state index in [1.807, 2.05) is 62.4 Å². The van der Waals surface area contributed by atoms with Crippen LogP contribution < -0.4 is 5.32 Å². The fraction of sp³-hybridized carbons (Fsp3) is 0.200. The van der Waals surface area contributed by atoms with Crippen LogP contribution in [0, 0.1) is 39.0 Å². The average molecular weight is 383 g/mol. The molecule has 3 aromatic rings. The van der Waals surface area contributed by atoms with Gasteiger partial charge in [-0.15, -0.1) is 0 Å². The van der Waals surface area contributed by atoms with Crippen LogP contribution in [-0.4, -0.2) is 10.5 Å². The molecule has 1 amide bonds. The van der Waals surface area contributed by atoms with Crippen LogP contribution in [-0.2, 0) is 11.3 Å². The smallest absolute Gasteiger partial charge is 0.262 e. The zero-order valence-electron chi connectivity index (χ0n) is 17.3. The van der Waals surface area contributed by atoms with E-state index < -0.39 is 0 Å². The van der Waals surface area contributed by atoms with Gasteiger partial charge in [0.25, 0.3) is 5.91 Å². The monoisotopic (exact) mass is 383 g/mol. The van der Waals surface area contributed by atoms with Crippen molar-refractivity contribution in [3.63, 3.8) is 0 Å². The molecule has 0 atom stereocenters. The standard InChI is InChI=1S/C25H25N3O/c1-17-9-8-10-18(2)24(17)28-19(3)13-22(20(28)4)14-23(15-26)25(29)27-16-21-11-6-5-7-12-21/h5-14H,16H2,1-4H3,(H,27,29)/b23-14-. The first kappa shape index (κ1) is 20.2. The number of aryl methyl sites for hydroxylation is 3. The molecule has 0 aliphatic carbocycles. The highest BCUT2D eigenvalue weighted by molar-refractivity contribution is 6.01. The van der Waals surface area contributed by atoms with Crippen molar-refractivity contribution in [3.8, 4) is 11.8 Å². The maximum atomic E-state index is 12.5. The minimum absolute atomic E-state index is 0.0997. The molecule has 29 heavy (non-hydrogen) atoms. The van der Waals surface area contributed by atoms with Crippen LogP contribution in [0.15, 0.2) is 60.2 Å². The van der Waals surface area contributed by atoms with Crippen molar-refractivity contribution in [1.29, 1.82) is 5.26 Å². The van der Waals surface area contributed by atoms with Crippen molar-refractivity contribution < 1.29 is 4.79 Å². The third kappa shape index (κ3) is 4.30. The summed E-state index contributed by atoms with van der Waals surface area (Å²) in [5.74, 6) is -0.367. The first-order valence-corrected chi connectivity index (χ1v) is 9.62. The second-order valence-corrected chi connectivity index (χ2v) is 7.24. The molecule has 0 fully saturated rings. The Morgan fingerprint density at radius 1 is 1.03 bits per heavy atom. The van der Waals surface area contributed by atoms with Crippen LogP contribution in [0.1, 0.15) is 33.6 Å². The number of nitrogens with zero attached hydrogens (tertiary/aromatic N) is 2. The highest BCUT2D eigenvalue weighted by Crippen LogP contribution is 2.27. The van der Waals surface area contributed by atoms with Gasteiger partial charge in [0.15, 0.2) is 0 Å². The molecule has 146 valence electrons. The van der Waals surface area contributed by atoms with Crippen molar-refractivity contribution in [1.82, 2.24) is 9.88 Å². The molecule has 4 heteroatoms. The highest BCUT2D eigenvalue weighted by atomic mass is 16.1. The quantitative estimate of drug-likeness (QED) is 0.501. The van der Waals surface area contributed by atoms with Gasteiger partial charge in [-0.2, -0.15) is 5.26 Å². The first-order valence-electron chi connectivity index (χ1n) is 9.62. The van der Waals surface area contributed by atoms with Crippen LogP contribution in [0.5, 0.6) is 0 Å². The van der Waals surface area contributed by atoms with Gasteiger partial charge in [-0.1, -0.05) is 48.5 Å². The second kappa shape index (κ2) is 8.62. The van der Waals surface area contributed by atoms with Crippen molar-refractivity contribution in [3.05, 3.63) is 93.8 Å². The maximum Gasteiger partial charge on any atom is 0.262 e. The van der Waals surface area contributed by atoms with Gasteiger partial charge in [0.05, 0.1) is 5.69 Å². The number of benzene rings is 2. The van der Waals surface area contributed by atoms with E-state index in [9.17, 15) is 10.1 Å². The van der Waals surface area contributed by atoms with E-state index in [1.165, 1.54) is 11.1 Å². The van der Waals surface area contributed by atoms with E-state index in [2.05, 4.69) is 35.9 Å². The lowest BCUT2D eigenvalue weighted by molar-refractivity contribution is -0.117. The third-order valence-electron chi connectivity index (χ3n) is 5.09. The van der Waals surface area contributed by atoms with Gasteiger partial charge in [-0.25, -0.2) is 0 Å². The van der Waals surface area contributed by atoms with Crippen molar-refractivity contribution in [2.45, 2.75) is 34.2 Å². The van der Waals surface area contributed by atoms with Crippen LogP contribution in [0.25, 0.3) is 11.8 Å². The molecule has 1 N–H and O–H groups in total. The summed E-state index contributed by atoms with van der Waals surface area (Å²) in [7, 11) is 0. The number of hydrogen-bond donors (Lipinski definition) is 1. The zero-order valence-corrected chi connectivity index (χ0v) is 17.3. The molecule has 2 aromatic carbocycles. The van der Waals surface area contributed by atoms with E-state index in [0.29, 0.717) is 6.54 Å². The lowest BCUT2D eigenvalue weighted by Gasteiger charge is -2.15. The molecule has 0 spiro atoms. The molecular weight excluding hydrogens is 358 g/mol. The Kier molecular flexibility index (Phi) is 5.99. The fourth-order valence-corrected chi connectivity index (χ4v) is 3.61. The third-order valence-corrected chi connectivity index (χ3v) is 5.09. The first-order chi connectivity index (χ1) is 13.9. The average Bonchev–Trinajstić information content (AvgIpc) is 2.98. The number of amides is 1. The molecule has 0 saturated heterocycles. The molecule has 3 rings (SSSR count). The van der Waals surface area contributed by atoms with Gasteiger partial charge in [0.1, 0.15) is 11.6 Å². The van der Waals surface area contributed by atoms with Crippen molar-refractivity contribution >= 4 is 12.0 Å². The molecule has 0 aliphatic rings. The SMILES string of the molecule is Cc1cccc(C)c1-n1c(C)cc(/C=C(/C#N)C(=O)NCc2ccccc2)c1C. The molecule has 0 aliphatic heterocycles.